The monoisotopic (exact) mass is 181 g/mol. The highest BCUT2D eigenvalue weighted by Crippen LogP contribution is 2.41. The molecule has 0 spiro atoms. The highest BCUT2D eigenvalue weighted by atomic mass is 35.5. The van der Waals surface area contributed by atoms with Crippen LogP contribution in [0.4, 0.5) is 0 Å². The molecular formula is C10H12ClN. The number of hydrogen-bond acceptors (Lipinski definition) is 0. The van der Waals surface area contributed by atoms with Crippen molar-refractivity contribution < 1.29 is 5.32 Å². The van der Waals surface area contributed by atoms with Crippen LogP contribution in [0.3, 0.4) is 0 Å². The summed E-state index contributed by atoms with van der Waals surface area (Å²) >= 11 is 5.90. The topological polar surface area (TPSA) is 16.6 Å². The Bertz CT molecular complexity index is 292. The van der Waals surface area contributed by atoms with Gasteiger partial charge in [0.2, 0.25) is 0 Å². The van der Waals surface area contributed by atoms with E-state index in [0.717, 1.165) is 5.02 Å². The molecule has 2 heteroatoms. The van der Waals surface area contributed by atoms with E-state index in [1.165, 1.54) is 18.4 Å². The molecule has 1 aliphatic carbocycles. The summed E-state index contributed by atoms with van der Waals surface area (Å²) in [5.74, 6) is 0. The van der Waals surface area contributed by atoms with Gasteiger partial charge in [0.1, 0.15) is 0 Å². The number of quaternary nitrogens is 1. The Morgan fingerprint density at radius 1 is 1.42 bits per heavy atom. The lowest BCUT2D eigenvalue weighted by Gasteiger charge is -2.15. The first-order valence-electron chi connectivity index (χ1n) is 4.16. The molecular weight excluding hydrogens is 170 g/mol. The molecule has 1 aromatic carbocycles. The smallest absolute Gasteiger partial charge is 0.0984 e. The van der Waals surface area contributed by atoms with Crippen LogP contribution in [0.25, 0.3) is 0 Å². The van der Waals surface area contributed by atoms with Crippen LogP contribution in [0.5, 0.6) is 0 Å². The van der Waals surface area contributed by atoms with E-state index in [1.54, 1.807) is 0 Å². The Kier molecular flexibility index (Phi) is 1.85. The number of nitrogens with two attached hydrogens (primary N) is 1. The Hall–Kier alpha value is -0.530. The van der Waals surface area contributed by atoms with Crippen LogP contribution in [0, 0.1) is 7.05 Å². The first-order chi connectivity index (χ1) is 5.77. The van der Waals surface area contributed by atoms with Gasteiger partial charge in [-0.25, -0.2) is 0 Å². The van der Waals surface area contributed by atoms with Crippen molar-refractivity contribution in [1.82, 2.24) is 0 Å². The maximum Gasteiger partial charge on any atom is 0.0984 e. The Morgan fingerprint density at radius 3 is 2.67 bits per heavy atom. The molecule has 2 N–H and O–H groups in total. The zero-order chi connectivity index (χ0) is 8.60. The maximum atomic E-state index is 5.90. The third-order valence-electron chi connectivity index (χ3n) is 2.58. The molecule has 0 aromatic heterocycles. The van der Waals surface area contributed by atoms with Crippen molar-refractivity contribution in [2.45, 2.75) is 18.4 Å². The van der Waals surface area contributed by atoms with E-state index >= 15 is 0 Å². The lowest BCUT2D eigenvalue weighted by atomic mass is 10.1. The third kappa shape index (κ3) is 1.23. The molecule has 0 amide bonds. The van der Waals surface area contributed by atoms with Crippen LogP contribution in [0.2, 0.25) is 5.02 Å². The van der Waals surface area contributed by atoms with E-state index in [2.05, 4.69) is 13.1 Å². The van der Waals surface area contributed by atoms with Gasteiger partial charge in [0, 0.05) is 23.4 Å². The Labute approximate surface area is 77.7 Å². The summed E-state index contributed by atoms with van der Waals surface area (Å²) in [4.78, 5) is 0. The minimum atomic E-state index is 0.255. The Balaban J connectivity index is 2.34. The van der Waals surface area contributed by atoms with Crippen LogP contribution in [-0.2, 0) is 5.54 Å². The fraction of sp³-hybridized carbons (Fsp3) is 0.300. The maximum absolute atomic E-state index is 5.90. The predicted molar refractivity (Wildman–Crippen MR) is 49.6 cm³/mol. The van der Waals surface area contributed by atoms with E-state index in [1.807, 2.05) is 23.5 Å². The molecule has 0 saturated heterocycles. The van der Waals surface area contributed by atoms with Gasteiger partial charge in [0.15, 0.2) is 0 Å². The normalized spacial score (nSPS) is 19.2. The molecule has 0 radical (unpaired) electrons. The largest absolute Gasteiger partial charge is 0.470 e. The summed E-state index contributed by atoms with van der Waals surface area (Å²) in [5.41, 5.74) is 1.57. The number of rotatable bonds is 2. The van der Waals surface area contributed by atoms with Crippen molar-refractivity contribution in [3.63, 3.8) is 0 Å². The summed E-state index contributed by atoms with van der Waals surface area (Å²) in [5, 5.41) is 2.86. The van der Waals surface area contributed by atoms with Crippen molar-refractivity contribution in [2.75, 3.05) is 0 Å². The van der Waals surface area contributed by atoms with Gasteiger partial charge in [0.05, 0.1) is 5.54 Å². The molecule has 0 atom stereocenters. The van der Waals surface area contributed by atoms with Crippen molar-refractivity contribution in [1.29, 1.82) is 0 Å². The van der Waals surface area contributed by atoms with Crippen LogP contribution in [0.15, 0.2) is 24.3 Å². The summed E-state index contributed by atoms with van der Waals surface area (Å²) < 4.78 is 0. The molecule has 1 nitrogen and oxygen atoms in total. The highest BCUT2D eigenvalue weighted by Gasteiger charge is 2.45. The van der Waals surface area contributed by atoms with E-state index < -0.39 is 0 Å². The molecule has 0 bridgehead atoms. The first kappa shape index (κ1) is 8.09. The predicted octanol–water partition coefficient (Wildman–Crippen LogP) is 1.68. The standard InChI is InChI=1S/C10H12ClN/c1-12-10(5-6-10)8-3-2-4-9(11)7-8/h2-4,7H,1,5-6,12H2. The van der Waals surface area contributed by atoms with Gasteiger partial charge >= 0.3 is 0 Å². The fourth-order valence-corrected chi connectivity index (χ4v) is 1.73. The van der Waals surface area contributed by atoms with Gasteiger partial charge in [-0.05, 0) is 12.1 Å². The fourth-order valence-electron chi connectivity index (χ4n) is 1.54. The summed E-state index contributed by atoms with van der Waals surface area (Å²) in [6, 6.07) is 8.07. The highest BCUT2D eigenvalue weighted by molar-refractivity contribution is 6.30. The van der Waals surface area contributed by atoms with Gasteiger partial charge in [-0.2, -0.15) is 7.05 Å². The second-order valence-electron chi connectivity index (χ2n) is 3.37. The minimum Gasteiger partial charge on any atom is -0.470 e. The van der Waals surface area contributed by atoms with Crippen LogP contribution in [0.1, 0.15) is 18.4 Å². The van der Waals surface area contributed by atoms with E-state index in [0.29, 0.717) is 0 Å². The van der Waals surface area contributed by atoms with Crippen LogP contribution >= 0.6 is 11.6 Å². The summed E-state index contributed by atoms with van der Waals surface area (Å²) in [6.45, 7) is 0. The number of hydrogen-bond donors (Lipinski definition) is 1. The molecule has 64 valence electrons. The van der Waals surface area contributed by atoms with Crippen molar-refractivity contribution in [2.24, 2.45) is 0 Å². The molecule has 0 aliphatic heterocycles. The van der Waals surface area contributed by atoms with Gasteiger partial charge in [-0.1, -0.05) is 23.7 Å². The average molecular weight is 182 g/mol. The number of benzene rings is 1. The summed E-state index contributed by atoms with van der Waals surface area (Å²) in [7, 11) is 3.86. The molecule has 1 saturated carbocycles. The quantitative estimate of drug-likeness (QED) is 0.669. The second kappa shape index (κ2) is 2.75. The molecule has 0 heterocycles. The van der Waals surface area contributed by atoms with Crippen LogP contribution in [-0.4, -0.2) is 0 Å². The van der Waals surface area contributed by atoms with Gasteiger partial charge < -0.3 is 5.32 Å². The van der Waals surface area contributed by atoms with Gasteiger partial charge in [0.25, 0.3) is 0 Å². The molecule has 12 heavy (non-hydrogen) atoms. The van der Waals surface area contributed by atoms with Crippen molar-refractivity contribution in [3.8, 4) is 0 Å². The molecule has 1 aliphatic rings. The zero-order valence-corrected chi connectivity index (χ0v) is 7.64. The Morgan fingerprint density at radius 2 is 2.17 bits per heavy atom. The SMILES string of the molecule is [CH2-][NH2+]C1(c2cccc(Cl)c2)CC1. The lowest BCUT2D eigenvalue weighted by molar-refractivity contribution is -0.657. The minimum absolute atomic E-state index is 0.255. The van der Waals surface area contributed by atoms with Gasteiger partial charge in [-0.3, -0.25) is 0 Å². The van der Waals surface area contributed by atoms with Crippen molar-refractivity contribution >= 4 is 11.6 Å². The molecule has 1 aromatic rings. The second-order valence-corrected chi connectivity index (χ2v) is 3.81. The lowest BCUT2D eigenvalue weighted by Crippen LogP contribution is -2.84. The van der Waals surface area contributed by atoms with Crippen LogP contribution < -0.4 is 5.32 Å². The molecule has 1 fully saturated rings. The van der Waals surface area contributed by atoms with E-state index in [-0.39, 0.29) is 5.54 Å². The van der Waals surface area contributed by atoms with Gasteiger partial charge in [-0.15, -0.1) is 0 Å². The summed E-state index contributed by atoms with van der Waals surface area (Å²) in [6.07, 6.45) is 2.44. The number of halogens is 1. The van der Waals surface area contributed by atoms with E-state index in [9.17, 15) is 0 Å². The van der Waals surface area contributed by atoms with E-state index in [4.69, 9.17) is 11.6 Å². The average Bonchev–Trinajstić information content (AvgIpc) is 2.84. The third-order valence-corrected chi connectivity index (χ3v) is 2.81. The first-order valence-corrected chi connectivity index (χ1v) is 4.54. The zero-order valence-electron chi connectivity index (χ0n) is 6.89. The van der Waals surface area contributed by atoms with Crippen molar-refractivity contribution in [3.05, 3.63) is 41.9 Å². The molecule has 2 rings (SSSR count). The molecule has 0 unspecified atom stereocenters.